The van der Waals surface area contributed by atoms with Crippen LogP contribution in [0.25, 0.3) is 10.8 Å². The van der Waals surface area contributed by atoms with E-state index in [1.165, 1.54) is 0 Å². The molecule has 11 heteroatoms. The van der Waals surface area contributed by atoms with Gasteiger partial charge in [-0.3, -0.25) is 14.9 Å². The Morgan fingerprint density at radius 2 is 2.07 bits per heavy atom. The highest BCUT2D eigenvalue weighted by Gasteiger charge is 2.32. The largest absolute Gasteiger partial charge is 0.473 e. The van der Waals surface area contributed by atoms with Crippen LogP contribution in [0.5, 0.6) is 5.88 Å². The Morgan fingerprint density at radius 1 is 1.33 bits per heavy atom. The van der Waals surface area contributed by atoms with Gasteiger partial charge in [-0.05, 0) is 18.2 Å². The van der Waals surface area contributed by atoms with Crippen molar-refractivity contribution in [1.29, 1.82) is 5.26 Å². The molecule has 3 aromatic rings. The van der Waals surface area contributed by atoms with Crippen molar-refractivity contribution in [2.24, 2.45) is 5.92 Å². The molecular weight excluding hydrogens is 459 g/mol. The number of anilines is 1. The van der Waals surface area contributed by atoms with Gasteiger partial charge in [0.15, 0.2) is 5.82 Å². The lowest BCUT2D eigenvalue weighted by atomic mass is 9.83. The number of fused-ring (bicyclic) bond motifs is 1. The van der Waals surface area contributed by atoms with Crippen LogP contribution < -0.4 is 15.6 Å². The average Bonchev–Trinajstić information content (AvgIpc) is 2.69. The highest BCUT2D eigenvalue weighted by atomic mass is 79.9. The second-order valence-corrected chi connectivity index (χ2v) is 7.68. The molecule has 0 bridgehead atoms. The van der Waals surface area contributed by atoms with Gasteiger partial charge in [-0.2, -0.15) is 5.26 Å². The number of benzene rings is 1. The van der Waals surface area contributed by atoms with E-state index in [9.17, 15) is 14.0 Å². The highest BCUT2D eigenvalue weighted by Crippen LogP contribution is 2.32. The first kappa shape index (κ1) is 19.9. The van der Waals surface area contributed by atoms with Crippen LogP contribution >= 0.6 is 15.9 Å². The van der Waals surface area contributed by atoms with Crippen LogP contribution in [-0.4, -0.2) is 31.8 Å². The lowest BCUT2D eigenvalue weighted by Crippen LogP contribution is -2.35. The summed E-state index contributed by atoms with van der Waals surface area (Å²) in [6.07, 6.45) is 2.81. The van der Waals surface area contributed by atoms with Crippen molar-refractivity contribution in [2.45, 2.75) is 25.5 Å². The van der Waals surface area contributed by atoms with Crippen molar-refractivity contribution in [3.05, 3.63) is 51.2 Å². The molecule has 4 rings (SSSR count). The summed E-state index contributed by atoms with van der Waals surface area (Å²) in [7, 11) is 0. The highest BCUT2D eigenvalue weighted by molar-refractivity contribution is 9.10. The van der Waals surface area contributed by atoms with Crippen molar-refractivity contribution >= 4 is 38.6 Å². The van der Waals surface area contributed by atoms with Crippen LogP contribution in [0.2, 0.25) is 0 Å². The molecule has 0 unspecified atom stereocenters. The number of nitriles is 1. The van der Waals surface area contributed by atoms with Crippen molar-refractivity contribution in [3.8, 4) is 11.9 Å². The molecule has 1 aliphatic carbocycles. The summed E-state index contributed by atoms with van der Waals surface area (Å²) < 4.78 is 20.6. The minimum Gasteiger partial charge on any atom is -0.473 e. The lowest BCUT2D eigenvalue weighted by Gasteiger charge is -2.30. The summed E-state index contributed by atoms with van der Waals surface area (Å²) in [5.41, 5.74) is -0.469. The maximum Gasteiger partial charge on any atom is 0.275 e. The summed E-state index contributed by atoms with van der Waals surface area (Å²) in [5, 5.41) is 16.4. The molecule has 1 fully saturated rings. The topological polar surface area (TPSA) is 123 Å². The molecule has 1 N–H and O–H groups in total. The number of nitrogens with zero attached hydrogens (tertiary/aromatic N) is 5. The van der Waals surface area contributed by atoms with Crippen molar-refractivity contribution in [1.82, 2.24) is 19.7 Å². The van der Waals surface area contributed by atoms with Gasteiger partial charge in [0.1, 0.15) is 12.6 Å². The molecule has 0 aliphatic heterocycles. The quantitative estimate of drug-likeness (QED) is 0.604. The number of hydrogen-bond acceptors (Lipinski definition) is 7. The van der Waals surface area contributed by atoms with E-state index in [1.54, 1.807) is 18.2 Å². The SMILES string of the molecule is N#C[C@H]1C[C@@H](Oc2nn(CC(=O)Nc3ncc(F)cn3)c(=O)c3ccc(Br)cc23)C1. The number of carbonyl (C=O) groups excluding carboxylic acids is 1. The normalized spacial score (nSPS) is 17.8. The molecule has 30 heavy (non-hydrogen) atoms. The van der Waals surface area contributed by atoms with E-state index in [2.05, 4.69) is 42.4 Å². The van der Waals surface area contributed by atoms with Gasteiger partial charge in [0.2, 0.25) is 17.7 Å². The van der Waals surface area contributed by atoms with E-state index in [4.69, 9.17) is 10.00 Å². The molecule has 1 amide bonds. The van der Waals surface area contributed by atoms with Gasteiger partial charge in [-0.15, -0.1) is 5.10 Å². The molecule has 0 spiro atoms. The Morgan fingerprint density at radius 3 is 2.77 bits per heavy atom. The first-order valence-electron chi connectivity index (χ1n) is 8.97. The number of aromatic nitrogens is 4. The molecule has 1 saturated carbocycles. The van der Waals surface area contributed by atoms with Gasteiger partial charge in [-0.1, -0.05) is 15.9 Å². The molecule has 2 aromatic heterocycles. The second-order valence-electron chi connectivity index (χ2n) is 6.77. The van der Waals surface area contributed by atoms with Crippen LogP contribution in [-0.2, 0) is 11.3 Å². The van der Waals surface area contributed by atoms with Gasteiger partial charge in [0.05, 0.1) is 35.2 Å². The summed E-state index contributed by atoms with van der Waals surface area (Å²) in [5.74, 6) is -1.18. The van der Waals surface area contributed by atoms with Gasteiger partial charge in [0.25, 0.3) is 5.56 Å². The molecule has 1 aliphatic rings. The van der Waals surface area contributed by atoms with Crippen LogP contribution in [0.3, 0.4) is 0 Å². The zero-order valence-electron chi connectivity index (χ0n) is 15.4. The molecule has 0 atom stereocenters. The molecule has 9 nitrogen and oxygen atoms in total. The maximum absolute atomic E-state index is 12.9. The van der Waals surface area contributed by atoms with Gasteiger partial charge < -0.3 is 4.74 Å². The maximum atomic E-state index is 12.9. The molecule has 2 heterocycles. The Balaban J connectivity index is 1.62. The number of amides is 1. The smallest absolute Gasteiger partial charge is 0.275 e. The second kappa shape index (κ2) is 8.16. The Bertz CT molecular complexity index is 1220. The number of hydrogen-bond donors (Lipinski definition) is 1. The van der Waals surface area contributed by atoms with Crippen LogP contribution in [0, 0.1) is 23.1 Å². The molecule has 0 radical (unpaired) electrons. The zero-order chi connectivity index (χ0) is 21.3. The van der Waals surface area contributed by atoms with Crippen molar-refractivity contribution < 1.29 is 13.9 Å². The third-order valence-electron chi connectivity index (χ3n) is 4.61. The van der Waals surface area contributed by atoms with Crippen LogP contribution in [0.15, 0.2) is 39.9 Å². The van der Waals surface area contributed by atoms with Gasteiger partial charge in [-0.25, -0.2) is 19.0 Å². The van der Waals surface area contributed by atoms with Crippen LogP contribution in [0.1, 0.15) is 12.8 Å². The van der Waals surface area contributed by atoms with Crippen LogP contribution in [0.4, 0.5) is 10.3 Å². The van der Waals surface area contributed by atoms with E-state index in [1.807, 2.05) is 0 Å². The fourth-order valence-electron chi connectivity index (χ4n) is 3.02. The zero-order valence-corrected chi connectivity index (χ0v) is 17.0. The van der Waals surface area contributed by atoms with Crippen molar-refractivity contribution in [3.63, 3.8) is 0 Å². The van der Waals surface area contributed by atoms with E-state index in [0.29, 0.717) is 23.6 Å². The number of rotatable bonds is 5. The average molecular weight is 473 g/mol. The molecular formula is C19H14BrFN6O3. The molecule has 0 saturated heterocycles. The molecule has 152 valence electrons. The Hall–Kier alpha value is -3.39. The van der Waals surface area contributed by atoms with Gasteiger partial charge in [0, 0.05) is 17.3 Å². The first-order chi connectivity index (χ1) is 14.4. The predicted octanol–water partition coefficient (Wildman–Crippen LogP) is 2.41. The summed E-state index contributed by atoms with van der Waals surface area (Å²) in [4.78, 5) is 32.4. The lowest BCUT2D eigenvalue weighted by molar-refractivity contribution is -0.117. The third kappa shape index (κ3) is 4.13. The number of carbonyl (C=O) groups is 1. The van der Waals surface area contributed by atoms with E-state index < -0.39 is 23.8 Å². The first-order valence-corrected chi connectivity index (χ1v) is 9.76. The van der Waals surface area contributed by atoms with E-state index in [0.717, 1.165) is 21.5 Å². The summed E-state index contributed by atoms with van der Waals surface area (Å²) in [6.45, 7) is -0.409. The Labute approximate surface area is 177 Å². The monoisotopic (exact) mass is 472 g/mol. The van der Waals surface area contributed by atoms with E-state index >= 15 is 0 Å². The number of nitrogens with one attached hydrogen (secondary N) is 1. The third-order valence-corrected chi connectivity index (χ3v) is 5.10. The minimum atomic E-state index is -0.636. The van der Waals surface area contributed by atoms with Gasteiger partial charge >= 0.3 is 0 Å². The minimum absolute atomic E-state index is 0.0552. The number of halogens is 2. The Kier molecular flexibility index (Phi) is 5.41. The van der Waals surface area contributed by atoms with E-state index in [-0.39, 0.29) is 23.9 Å². The summed E-state index contributed by atoms with van der Waals surface area (Å²) >= 11 is 3.37. The predicted molar refractivity (Wildman–Crippen MR) is 107 cm³/mol. The number of ether oxygens (including phenoxy) is 1. The molecule has 1 aromatic carbocycles. The summed E-state index contributed by atoms with van der Waals surface area (Å²) in [6, 6.07) is 7.23. The van der Waals surface area contributed by atoms with Crippen molar-refractivity contribution in [2.75, 3.05) is 5.32 Å². The standard InChI is InChI=1S/C19H14BrFN6O3/c20-11-1-2-14-15(5-11)17(30-13-3-10(4-13)6-22)26-27(18(14)29)9-16(28)25-19-23-7-12(21)8-24-19/h1-2,5,7-8,10,13H,3-4,9H2,(H,23,24,25,28)/t10-,13+. The fourth-order valence-corrected chi connectivity index (χ4v) is 3.39. The fraction of sp³-hybridized carbons (Fsp3) is 0.263.